The maximum absolute atomic E-state index is 5.61. The van der Waals surface area contributed by atoms with E-state index >= 15 is 0 Å². The maximum atomic E-state index is 5.61. The van der Waals surface area contributed by atoms with Crippen LogP contribution < -0.4 is 4.74 Å². The van der Waals surface area contributed by atoms with E-state index < -0.39 is 0 Å². The van der Waals surface area contributed by atoms with E-state index in [-0.39, 0.29) is 6.01 Å². The maximum Gasteiger partial charge on any atom is 0.342 e. The van der Waals surface area contributed by atoms with Crippen LogP contribution in [0.2, 0.25) is 5.15 Å². The zero-order valence-corrected chi connectivity index (χ0v) is 8.21. The molecule has 13 heavy (non-hydrogen) atoms. The van der Waals surface area contributed by atoms with E-state index in [9.17, 15) is 0 Å². The minimum Gasteiger partial charge on any atom is -0.394 e. The highest BCUT2D eigenvalue weighted by Crippen LogP contribution is 2.24. The first-order valence-electron chi connectivity index (χ1n) is 3.38. The molecular formula is C6H5ClN4OS. The highest BCUT2D eigenvalue weighted by Gasteiger charge is 2.05. The molecule has 0 fully saturated rings. The second-order valence-corrected chi connectivity index (χ2v) is 3.45. The molecule has 2 rings (SSSR count). The van der Waals surface area contributed by atoms with E-state index in [2.05, 4.69) is 15.1 Å². The lowest BCUT2D eigenvalue weighted by Crippen LogP contribution is -1.89. The summed E-state index contributed by atoms with van der Waals surface area (Å²) in [4.78, 5) is 7.76. The molecule has 2 aromatic rings. The predicted molar refractivity (Wildman–Crippen MR) is 48.2 cm³/mol. The molecule has 7 heteroatoms. The van der Waals surface area contributed by atoms with Gasteiger partial charge in [-0.25, -0.2) is 0 Å². The quantitative estimate of drug-likeness (QED) is 0.767. The third-order valence-corrected chi connectivity index (χ3v) is 2.25. The van der Waals surface area contributed by atoms with Crippen molar-refractivity contribution in [2.75, 3.05) is 0 Å². The Hall–Kier alpha value is -1.14. The van der Waals surface area contributed by atoms with Crippen LogP contribution >= 0.6 is 22.9 Å². The topological polar surface area (TPSA) is 52.8 Å². The van der Waals surface area contributed by atoms with Crippen molar-refractivity contribution in [3.63, 3.8) is 0 Å². The van der Waals surface area contributed by atoms with Gasteiger partial charge in [-0.3, -0.25) is 4.68 Å². The lowest BCUT2D eigenvalue weighted by Gasteiger charge is -1.91. The molecule has 5 nitrogen and oxygen atoms in total. The normalized spacial score (nSPS) is 10.3. The first-order chi connectivity index (χ1) is 6.24. The zero-order chi connectivity index (χ0) is 9.26. The fraction of sp³-hybridized carbons (Fsp3) is 0.167. The Morgan fingerprint density at radius 3 is 3.00 bits per heavy atom. The van der Waals surface area contributed by atoms with Gasteiger partial charge in [-0.2, -0.15) is 9.97 Å². The highest BCUT2D eigenvalue weighted by molar-refractivity contribution is 7.11. The molecule has 2 heterocycles. The summed E-state index contributed by atoms with van der Waals surface area (Å²) in [5.41, 5.74) is 0. The summed E-state index contributed by atoms with van der Waals surface area (Å²) in [6, 6.07) is 0.272. The van der Waals surface area contributed by atoms with Gasteiger partial charge in [0.25, 0.3) is 5.19 Å². The van der Waals surface area contributed by atoms with Gasteiger partial charge in [0.1, 0.15) is 11.5 Å². The Balaban J connectivity index is 2.14. The molecule has 0 aliphatic rings. The van der Waals surface area contributed by atoms with Gasteiger partial charge < -0.3 is 4.74 Å². The number of hydrogen-bond donors (Lipinski definition) is 0. The number of aromatic nitrogens is 4. The molecule has 0 aromatic carbocycles. The van der Waals surface area contributed by atoms with Crippen molar-refractivity contribution in [2.24, 2.45) is 7.05 Å². The Morgan fingerprint density at radius 1 is 1.62 bits per heavy atom. The Kier molecular flexibility index (Phi) is 2.15. The number of aryl methyl sites for hydroxylation is 1. The number of hydrogen-bond acceptors (Lipinski definition) is 5. The van der Waals surface area contributed by atoms with E-state index in [1.54, 1.807) is 23.4 Å². The predicted octanol–water partition coefficient (Wildman–Crippen LogP) is 1.72. The summed E-state index contributed by atoms with van der Waals surface area (Å²) < 4.78 is 6.75. The highest BCUT2D eigenvalue weighted by atomic mass is 35.5. The molecule has 0 N–H and O–H groups in total. The molecule has 0 saturated carbocycles. The fourth-order valence-corrected chi connectivity index (χ4v) is 1.52. The van der Waals surface area contributed by atoms with Crippen LogP contribution in [0, 0.1) is 0 Å². The molecule has 0 atom stereocenters. The smallest absolute Gasteiger partial charge is 0.342 e. The van der Waals surface area contributed by atoms with Crippen molar-refractivity contribution in [2.45, 2.75) is 0 Å². The van der Waals surface area contributed by atoms with Crippen LogP contribution in [-0.4, -0.2) is 19.7 Å². The molecule has 0 saturated heterocycles. The lowest BCUT2D eigenvalue weighted by atomic mass is 11.0. The molecule has 0 unspecified atom stereocenters. The van der Waals surface area contributed by atoms with Crippen molar-refractivity contribution in [3.05, 3.63) is 16.9 Å². The van der Waals surface area contributed by atoms with E-state index in [0.717, 1.165) is 0 Å². The van der Waals surface area contributed by atoms with Crippen molar-refractivity contribution in [1.29, 1.82) is 0 Å². The Labute approximate surface area is 83.0 Å². The summed E-state index contributed by atoms with van der Waals surface area (Å²) in [5.74, 6) is 0. The van der Waals surface area contributed by atoms with Crippen LogP contribution in [0.3, 0.4) is 0 Å². The molecule has 68 valence electrons. The zero-order valence-electron chi connectivity index (χ0n) is 6.64. The molecule has 0 amide bonds. The van der Waals surface area contributed by atoms with Crippen LogP contribution in [-0.2, 0) is 7.05 Å². The monoisotopic (exact) mass is 216 g/mol. The molecular weight excluding hydrogens is 212 g/mol. The molecule has 2 aromatic heterocycles. The largest absolute Gasteiger partial charge is 0.394 e. The lowest BCUT2D eigenvalue weighted by molar-refractivity contribution is 0.436. The fourth-order valence-electron chi connectivity index (χ4n) is 0.730. The SMILES string of the molecule is Cn1cnc(Oc2nc(Cl)cs2)n1. The van der Waals surface area contributed by atoms with E-state index in [1.165, 1.54) is 11.3 Å². The summed E-state index contributed by atoms with van der Waals surface area (Å²) in [6.45, 7) is 0. The average Bonchev–Trinajstić information content (AvgIpc) is 2.62. The van der Waals surface area contributed by atoms with Crippen LogP contribution in [0.15, 0.2) is 11.7 Å². The standard InChI is InChI=1S/C6H5ClN4OS/c1-11-3-8-5(10-11)12-6-9-4(7)2-13-6/h2-3H,1H3. The number of nitrogens with zero attached hydrogens (tertiary/aromatic N) is 4. The summed E-state index contributed by atoms with van der Waals surface area (Å²) in [5, 5.41) is 6.46. The molecule has 0 spiro atoms. The van der Waals surface area contributed by atoms with Gasteiger partial charge in [0.05, 0.1) is 0 Å². The first-order valence-corrected chi connectivity index (χ1v) is 4.64. The minimum atomic E-state index is 0.272. The van der Waals surface area contributed by atoms with Gasteiger partial charge in [0.2, 0.25) is 0 Å². The van der Waals surface area contributed by atoms with Crippen molar-refractivity contribution >= 4 is 22.9 Å². The number of halogens is 1. The molecule has 0 aliphatic carbocycles. The second kappa shape index (κ2) is 3.31. The van der Waals surface area contributed by atoms with Gasteiger partial charge in [0, 0.05) is 12.4 Å². The second-order valence-electron chi connectivity index (χ2n) is 2.24. The van der Waals surface area contributed by atoms with Crippen LogP contribution in [0.4, 0.5) is 0 Å². The molecule has 0 bridgehead atoms. The van der Waals surface area contributed by atoms with Crippen molar-refractivity contribution in [1.82, 2.24) is 19.7 Å². The summed E-state index contributed by atoms with van der Waals surface area (Å²) in [6.07, 6.45) is 1.55. The third kappa shape index (κ3) is 1.96. The van der Waals surface area contributed by atoms with Gasteiger partial charge >= 0.3 is 6.01 Å². The average molecular weight is 217 g/mol. The number of thiazole rings is 1. The van der Waals surface area contributed by atoms with Crippen molar-refractivity contribution in [3.8, 4) is 11.2 Å². The minimum absolute atomic E-state index is 0.272. The summed E-state index contributed by atoms with van der Waals surface area (Å²) >= 11 is 6.90. The van der Waals surface area contributed by atoms with E-state index in [4.69, 9.17) is 16.3 Å². The van der Waals surface area contributed by atoms with Gasteiger partial charge in [-0.05, 0) is 0 Å². The summed E-state index contributed by atoms with van der Waals surface area (Å²) in [7, 11) is 1.76. The van der Waals surface area contributed by atoms with E-state index in [0.29, 0.717) is 10.3 Å². The van der Waals surface area contributed by atoms with Gasteiger partial charge in [0.15, 0.2) is 0 Å². The Morgan fingerprint density at radius 2 is 2.46 bits per heavy atom. The van der Waals surface area contributed by atoms with Crippen LogP contribution in [0.5, 0.6) is 11.2 Å². The van der Waals surface area contributed by atoms with E-state index in [1.807, 2.05) is 0 Å². The Bertz CT molecular complexity index is 374. The van der Waals surface area contributed by atoms with Gasteiger partial charge in [-0.15, -0.1) is 5.10 Å². The molecule has 0 radical (unpaired) electrons. The van der Waals surface area contributed by atoms with Crippen LogP contribution in [0.25, 0.3) is 0 Å². The van der Waals surface area contributed by atoms with Gasteiger partial charge in [-0.1, -0.05) is 22.9 Å². The first kappa shape index (κ1) is 8.46. The van der Waals surface area contributed by atoms with Crippen molar-refractivity contribution < 1.29 is 4.74 Å². The van der Waals surface area contributed by atoms with Crippen LogP contribution in [0.1, 0.15) is 0 Å². The number of ether oxygens (including phenoxy) is 1. The molecule has 0 aliphatic heterocycles. The number of rotatable bonds is 2. The third-order valence-electron chi connectivity index (χ3n) is 1.21.